The average Bonchev–Trinajstić information content (AvgIpc) is 3.15. The van der Waals surface area contributed by atoms with Gasteiger partial charge in [-0.25, -0.2) is 13.8 Å². The van der Waals surface area contributed by atoms with E-state index in [4.69, 9.17) is 0 Å². The molecule has 0 radical (unpaired) electrons. The molecule has 0 saturated carbocycles. The lowest BCUT2D eigenvalue weighted by Crippen LogP contribution is -2.23. The van der Waals surface area contributed by atoms with E-state index in [9.17, 15) is 13.6 Å². The van der Waals surface area contributed by atoms with Crippen molar-refractivity contribution in [2.45, 2.75) is 23.9 Å². The Morgan fingerprint density at radius 2 is 1.75 bits per heavy atom. The Kier molecular flexibility index (Phi) is 5.54. The quantitative estimate of drug-likeness (QED) is 0.318. The molecule has 2 aromatic heterocycles. The Bertz CT molecular complexity index is 1150. The van der Waals surface area contributed by atoms with E-state index in [1.807, 2.05) is 41.8 Å². The summed E-state index contributed by atoms with van der Waals surface area (Å²) >= 11 is 2.68. The van der Waals surface area contributed by atoms with E-state index in [2.05, 4.69) is 4.98 Å². The van der Waals surface area contributed by atoms with Crippen molar-refractivity contribution >= 4 is 33.3 Å². The Hall–Kier alpha value is -2.51. The molecule has 0 amide bonds. The van der Waals surface area contributed by atoms with Crippen molar-refractivity contribution in [3.8, 4) is 0 Å². The second kappa shape index (κ2) is 8.24. The third kappa shape index (κ3) is 4.15. The van der Waals surface area contributed by atoms with Gasteiger partial charge in [0.15, 0.2) is 5.16 Å². The maximum atomic E-state index is 13.5. The first-order chi connectivity index (χ1) is 13.6. The molecule has 7 heteroatoms. The summed E-state index contributed by atoms with van der Waals surface area (Å²) in [6.45, 7) is 0.490. The topological polar surface area (TPSA) is 34.9 Å². The summed E-state index contributed by atoms with van der Waals surface area (Å²) in [6, 6.07) is 15.2. The Morgan fingerprint density at radius 3 is 2.50 bits per heavy atom. The van der Waals surface area contributed by atoms with Gasteiger partial charge in [-0.15, -0.1) is 11.3 Å². The minimum Gasteiger partial charge on any atom is -0.286 e. The number of aromatic nitrogens is 2. The summed E-state index contributed by atoms with van der Waals surface area (Å²) in [5.74, 6) is -0.904. The average molecular weight is 415 g/mol. The second-order valence-electron chi connectivity index (χ2n) is 6.29. The van der Waals surface area contributed by atoms with Gasteiger partial charge in [-0.05, 0) is 41.1 Å². The number of halogens is 2. The van der Waals surface area contributed by atoms with Crippen molar-refractivity contribution in [3.63, 3.8) is 0 Å². The van der Waals surface area contributed by atoms with Crippen LogP contribution in [0.3, 0.4) is 0 Å². The number of thiophene rings is 1. The zero-order valence-electron chi connectivity index (χ0n) is 14.8. The Labute approximate surface area is 168 Å². The smallest absolute Gasteiger partial charge is 0.272 e. The molecule has 0 aliphatic heterocycles. The van der Waals surface area contributed by atoms with Crippen LogP contribution in [-0.4, -0.2) is 9.55 Å². The molecule has 0 aliphatic rings. The largest absolute Gasteiger partial charge is 0.286 e. The molecule has 0 fully saturated rings. The predicted octanol–water partition coefficient (Wildman–Crippen LogP) is 5.27. The van der Waals surface area contributed by atoms with E-state index in [-0.39, 0.29) is 5.56 Å². The van der Waals surface area contributed by atoms with Crippen LogP contribution in [-0.2, 0) is 18.7 Å². The van der Waals surface area contributed by atoms with Gasteiger partial charge in [-0.3, -0.25) is 9.36 Å². The first kappa shape index (κ1) is 18.8. The third-order valence-corrected chi connectivity index (χ3v) is 6.23. The first-order valence-corrected chi connectivity index (χ1v) is 10.6. The maximum absolute atomic E-state index is 13.5. The minimum absolute atomic E-state index is 0.0798. The molecular weight excluding hydrogens is 398 g/mol. The maximum Gasteiger partial charge on any atom is 0.272 e. The fraction of sp³-hybridized carbons (Fsp3) is 0.143. The number of benzene rings is 2. The van der Waals surface area contributed by atoms with Crippen LogP contribution in [0, 0.1) is 11.6 Å². The molecule has 4 rings (SSSR count). The van der Waals surface area contributed by atoms with Gasteiger partial charge in [-0.2, -0.15) is 0 Å². The van der Waals surface area contributed by atoms with Crippen LogP contribution in [0.15, 0.2) is 69.9 Å². The van der Waals surface area contributed by atoms with E-state index >= 15 is 0 Å². The molecule has 28 heavy (non-hydrogen) atoms. The highest BCUT2D eigenvalue weighted by Gasteiger charge is 2.13. The molecule has 0 unspecified atom stereocenters. The number of thioether (sulfide) groups is 1. The van der Waals surface area contributed by atoms with Gasteiger partial charge in [0.25, 0.3) is 5.56 Å². The molecule has 3 nitrogen and oxygen atoms in total. The van der Waals surface area contributed by atoms with Crippen LogP contribution in [0.5, 0.6) is 0 Å². The molecule has 0 bridgehead atoms. The lowest BCUT2D eigenvalue weighted by molar-refractivity contribution is 0.581. The van der Waals surface area contributed by atoms with Crippen molar-refractivity contribution in [2.75, 3.05) is 0 Å². The van der Waals surface area contributed by atoms with Crippen LogP contribution in [0.1, 0.15) is 11.1 Å². The lowest BCUT2D eigenvalue weighted by Gasteiger charge is -2.12. The lowest BCUT2D eigenvalue weighted by atomic mass is 10.1. The third-order valence-electron chi connectivity index (χ3n) is 4.29. The predicted molar refractivity (Wildman–Crippen MR) is 110 cm³/mol. The highest BCUT2D eigenvalue weighted by molar-refractivity contribution is 7.98. The summed E-state index contributed by atoms with van der Waals surface area (Å²) in [4.78, 5) is 17.6. The van der Waals surface area contributed by atoms with Crippen molar-refractivity contribution in [1.29, 1.82) is 0 Å². The van der Waals surface area contributed by atoms with E-state index in [0.29, 0.717) is 39.7 Å². The molecule has 0 aliphatic carbocycles. The monoisotopic (exact) mass is 414 g/mol. The summed E-state index contributed by atoms with van der Waals surface area (Å²) in [5, 5.41) is 2.40. The number of aryl methyl sites for hydroxylation is 1. The highest BCUT2D eigenvalue weighted by Crippen LogP contribution is 2.25. The van der Waals surface area contributed by atoms with E-state index in [1.165, 1.54) is 35.2 Å². The van der Waals surface area contributed by atoms with Gasteiger partial charge in [0.2, 0.25) is 0 Å². The molecule has 2 aromatic carbocycles. The van der Waals surface area contributed by atoms with Crippen molar-refractivity contribution in [3.05, 3.63) is 93.1 Å². The minimum atomic E-state index is -0.613. The molecule has 142 valence electrons. The number of hydrogen-bond donors (Lipinski definition) is 0. The molecular formula is C21H16F2N2OS2. The van der Waals surface area contributed by atoms with Crippen LogP contribution < -0.4 is 5.56 Å². The van der Waals surface area contributed by atoms with Gasteiger partial charge in [-0.1, -0.05) is 42.1 Å². The zero-order valence-corrected chi connectivity index (χ0v) is 16.4. The molecule has 4 aromatic rings. The van der Waals surface area contributed by atoms with E-state index in [1.54, 1.807) is 4.57 Å². The van der Waals surface area contributed by atoms with Crippen LogP contribution >= 0.6 is 23.1 Å². The van der Waals surface area contributed by atoms with Crippen molar-refractivity contribution < 1.29 is 8.78 Å². The molecule has 0 atom stereocenters. The van der Waals surface area contributed by atoms with Crippen molar-refractivity contribution in [1.82, 2.24) is 9.55 Å². The second-order valence-corrected chi connectivity index (χ2v) is 8.15. The summed E-state index contributed by atoms with van der Waals surface area (Å²) < 4.78 is 29.2. The fourth-order valence-electron chi connectivity index (χ4n) is 2.96. The molecule has 0 spiro atoms. The number of hydrogen-bond acceptors (Lipinski definition) is 4. The molecule has 0 N–H and O–H groups in total. The number of fused-ring (bicyclic) bond motifs is 1. The summed E-state index contributed by atoms with van der Waals surface area (Å²) in [5.41, 5.74) is 2.21. The SMILES string of the molecule is O=c1c2sccc2nc(SCc2cc(F)cc(F)c2)n1CCc1ccccc1. The van der Waals surface area contributed by atoms with E-state index in [0.717, 1.165) is 11.6 Å². The van der Waals surface area contributed by atoms with Gasteiger partial charge in [0.1, 0.15) is 16.3 Å². The Balaban J connectivity index is 1.64. The van der Waals surface area contributed by atoms with Gasteiger partial charge in [0.05, 0.1) is 5.52 Å². The molecule has 2 heterocycles. The van der Waals surface area contributed by atoms with Crippen molar-refractivity contribution in [2.24, 2.45) is 0 Å². The highest BCUT2D eigenvalue weighted by atomic mass is 32.2. The first-order valence-electron chi connectivity index (χ1n) is 8.70. The van der Waals surface area contributed by atoms with Crippen LogP contribution in [0.4, 0.5) is 8.78 Å². The van der Waals surface area contributed by atoms with Gasteiger partial charge < -0.3 is 0 Å². The normalized spacial score (nSPS) is 11.2. The van der Waals surface area contributed by atoms with Crippen LogP contribution in [0.2, 0.25) is 0 Å². The van der Waals surface area contributed by atoms with Gasteiger partial charge in [0, 0.05) is 18.4 Å². The summed E-state index contributed by atoms with van der Waals surface area (Å²) in [6.07, 6.45) is 0.696. The number of rotatable bonds is 6. The zero-order chi connectivity index (χ0) is 19.5. The fourth-order valence-corrected chi connectivity index (χ4v) is 4.69. The van der Waals surface area contributed by atoms with Crippen LogP contribution in [0.25, 0.3) is 10.2 Å². The molecule has 0 saturated heterocycles. The summed E-state index contributed by atoms with van der Waals surface area (Å²) in [7, 11) is 0. The van der Waals surface area contributed by atoms with E-state index < -0.39 is 11.6 Å². The van der Waals surface area contributed by atoms with Gasteiger partial charge >= 0.3 is 0 Å². The Morgan fingerprint density at radius 1 is 1.00 bits per heavy atom. The number of nitrogens with zero attached hydrogens (tertiary/aromatic N) is 2. The standard InChI is InChI=1S/C21H16F2N2OS2/c22-16-10-15(11-17(23)12-16)13-28-21-24-18-7-9-27-19(18)20(26)25(21)8-6-14-4-2-1-3-5-14/h1-5,7,9-12H,6,8,13H2.